The first kappa shape index (κ1) is 15.0. The van der Waals surface area contributed by atoms with Crippen molar-refractivity contribution in [1.29, 1.82) is 0 Å². The fourth-order valence-electron chi connectivity index (χ4n) is 1.85. The van der Waals surface area contributed by atoms with E-state index in [1.54, 1.807) is 11.3 Å². The van der Waals surface area contributed by atoms with E-state index < -0.39 is 0 Å². The molecule has 0 bridgehead atoms. The molecule has 17 heavy (non-hydrogen) atoms. The van der Waals surface area contributed by atoms with Crippen LogP contribution >= 0.6 is 22.9 Å². The van der Waals surface area contributed by atoms with Crippen LogP contribution in [-0.2, 0) is 6.42 Å². The maximum Gasteiger partial charge on any atom is 0.0931 e. The van der Waals surface area contributed by atoms with E-state index in [-0.39, 0.29) is 0 Å². The number of unbranched alkanes of at least 4 members (excludes halogenated alkanes) is 5. The Morgan fingerprint density at radius 2 is 1.82 bits per heavy atom. The van der Waals surface area contributed by atoms with Crippen LogP contribution in [0, 0.1) is 0 Å². The molecular formula is C14H24ClNS. The molecule has 1 rings (SSSR count). The van der Waals surface area contributed by atoms with E-state index in [4.69, 9.17) is 11.6 Å². The summed E-state index contributed by atoms with van der Waals surface area (Å²) in [6.07, 6.45) is 9.33. The zero-order valence-corrected chi connectivity index (χ0v) is 12.4. The summed E-state index contributed by atoms with van der Waals surface area (Å²) in [5, 5.41) is 3.50. The molecule has 1 aromatic heterocycles. The van der Waals surface area contributed by atoms with Gasteiger partial charge in [-0.3, -0.25) is 0 Å². The maximum atomic E-state index is 5.88. The largest absolute Gasteiger partial charge is 0.316 e. The average molecular weight is 274 g/mol. The first-order chi connectivity index (χ1) is 8.33. The molecule has 1 aromatic rings. The minimum atomic E-state index is 0.899. The third-order valence-electron chi connectivity index (χ3n) is 2.88. The monoisotopic (exact) mass is 273 g/mol. The Hall–Kier alpha value is -0.0500. The summed E-state index contributed by atoms with van der Waals surface area (Å²) in [6, 6.07) is 4.11. The standard InChI is InChI=1S/C14H24ClNS/c1-2-3-4-5-6-7-11-16-12-10-13-8-9-14(15)17-13/h8-9,16H,2-7,10-12H2,1H3. The summed E-state index contributed by atoms with van der Waals surface area (Å²) in [5.41, 5.74) is 0. The third kappa shape index (κ3) is 7.80. The molecule has 1 nitrogen and oxygen atoms in total. The molecule has 0 radical (unpaired) electrons. The predicted octanol–water partition coefficient (Wildman–Crippen LogP) is 4.89. The summed E-state index contributed by atoms with van der Waals surface area (Å²) < 4.78 is 0.899. The van der Waals surface area contributed by atoms with Crippen molar-refractivity contribution in [2.75, 3.05) is 13.1 Å². The first-order valence-electron chi connectivity index (χ1n) is 6.78. The molecule has 1 heterocycles. The molecule has 0 spiro atoms. The average Bonchev–Trinajstić information content (AvgIpc) is 2.73. The Balaban J connectivity index is 1.84. The lowest BCUT2D eigenvalue weighted by atomic mass is 10.1. The molecule has 1 N–H and O–H groups in total. The van der Waals surface area contributed by atoms with E-state index in [0.29, 0.717) is 0 Å². The van der Waals surface area contributed by atoms with Gasteiger partial charge in [0.1, 0.15) is 0 Å². The molecule has 3 heteroatoms. The van der Waals surface area contributed by atoms with Crippen LogP contribution in [0.15, 0.2) is 12.1 Å². The van der Waals surface area contributed by atoms with Crippen LogP contribution in [0.4, 0.5) is 0 Å². The van der Waals surface area contributed by atoms with Crippen LogP contribution in [0.1, 0.15) is 50.3 Å². The van der Waals surface area contributed by atoms with Gasteiger partial charge in [0.2, 0.25) is 0 Å². The van der Waals surface area contributed by atoms with Crippen molar-refractivity contribution in [3.8, 4) is 0 Å². The van der Waals surface area contributed by atoms with Gasteiger partial charge in [0.25, 0.3) is 0 Å². The second-order valence-electron chi connectivity index (χ2n) is 4.47. The highest BCUT2D eigenvalue weighted by molar-refractivity contribution is 7.16. The molecule has 0 aliphatic rings. The number of hydrogen-bond donors (Lipinski definition) is 1. The lowest BCUT2D eigenvalue weighted by molar-refractivity contribution is 0.573. The Kier molecular flexibility index (Phi) is 8.76. The van der Waals surface area contributed by atoms with Crippen LogP contribution in [0.25, 0.3) is 0 Å². The van der Waals surface area contributed by atoms with Gasteiger partial charge >= 0.3 is 0 Å². The maximum absolute atomic E-state index is 5.88. The van der Waals surface area contributed by atoms with E-state index in [2.05, 4.69) is 18.3 Å². The van der Waals surface area contributed by atoms with Gasteiger partial charge in [-0.2, -0.15) is 0 Å². The number of nitrogens with one attached hydrogen (secondary N) is 1. The molecule has 98 valence electrons. The summed E-state index contributed by atoms with van der Waals surface area (Å²) in [4.78, 5) is 1.38. The Morgan fingerprint density at radius 1 is 1.06 bits per heavy atom. The Bertz CT molecular complexity index is 286. The smallest absolute Gasteiger partial charge is 0.0931 e. The second-order valence-corrected chi connectivity index (χ2v) is 6.27. The molecule has 0 aliphatic heterocycles. The van der Waals surface area contributed by atoms with Gasteiger partial charge in [0, 0.05) is 4.88 Å². The van der Waals surface area contributed by atoms with E-state index in [1.165, 1.54) is 43.4 Å². The van der Waals surface area contributed by atoms with Crippen molar-refractivity contribution in [3.05, 3.63) is 21.3 Å². The Morgan fingerprint density at radius 3 is 2.53 bits per heavy atom. The van der Waals surface area contributed by atoms with Crippen LogP contribution < -0.4 is 5.32 Å². The van der Waals surface area contributed by atoms with E-state index in [0.717, 1.165) is 23.8 Å². The van der Waals surface area contributed by atoms with Gasteiger partial charge in [-0.05, 0) is 38.1 Å². The fraction of sp³-hybridized carbons (Fsp3) is 0.714. The van der Waals surface area contributed by atoms with Crippen LogP contribution in [0.2, 0.25) is 4.34 Å². The molecule has 0 amide bonds. The van der Waals surface area contributed by atoms with Gasteiger partial charge in [-0.15, -0.1) is 11.3 Å². The number of halogens is 1. The highest BCUT2D eigenvalue weighted by Gasteiger charge is 1.97. The van der Waals surface area contributed by atoms with Gasteiger partial charge in [0.05, 0.1) is 4.34 Å². The zero-order valence-electron chi connectivity index (χ0n) is 10.8. The number of rotatable bonds is 10. The van der Waals surface area contributed by atoms with Crippen LogP contribution in [-0.4, -0.2) is 13.1 Å². The number of hydrogen-bond acceptors (Lipinski definition) is 2. The lowest BCUT2D eigenvalue weighted by Crippen LogP contribution is -2.18. The molecule has 0 unspecified atom stereocenters. The summed E-state index contributed by atoms with van der Waals surface area (Å²) in [5.74, 6) is 0. The second kappa shape index (κ2) is 9.93. The van der Waals surface area contributed by atoms with Crippen LogP contribution in [0.3, 0.4) is 0 Å². The van der Waals surface area contributed by atoms with Crippen molar-refractivity contribution in [3.63, 3.8) is 0 Å². The van der Waals surface area contributed by atoms with Crippen molar-refractivity contribution in [2.24, 2.45) is 0 Å². The van der Waals surface area contributed by atoms with Gasteiger partial charge in [-0.25, -0.2) is 0 Å². The third-order valence-corrected chi connectivity index (χ3v) is 4.18. The summed E-state index contributed by atoms with van der Waals surface area (Å²) in [6.45, 7) is 4.50. The lowest BCUT2D eigenvalue weighted by Gasteiger charge is -2.03. The summed E-state index contributed by atoms with van der Waals surface area (Å²) >= 11 is 7.57. The predicted molar refractivity (Wildman–Crippen MR) is 79.3 cm³/mol. The highest BCUT2D eigenvalue weighted by atomic mass is 35.5. The van der Waals surface area contributed by atoms with E-state index in [9.17, 15) is 0 Å². The highest BCUT2D eigenvalue weighted by Crippen LogP contribution is 2.21. The van der Waals surface area contributed by atoms with Crippen molar-refractivity contribution in [1.82, 2.24) is 5.32 Å². The normalized spacial score (nSPS) is 10.9. The van der Waals surface area contributed by atoms with Crippen molar-refractivity contribution in [2.45, 2.75) is 51.9 Å². The molecule has 0 aliphatic carbocycles. The molecule has 0 atom stereocenters. The van der Waals surface area contributed by atoms with Crippen molar-refractivity contribution < 1.29 is 0 Å². The minimum absolute atomic E-state index is 0.899. The topological polar surface area (TPSA) is 12.0 Å². The summed E-state index contributed by atoms with van der Waals surface area (Å²) in [7, 11) is 0. The quantitative estimate of drug-likeness (QED) is 0.598. The molecule has 0 aromatic carbocycles. The fourth-order valence-corrected chi connectivity index (χ4v) is 2.94. The van der Waals surface area contributed by atoms with Gasteiger partial charge < -0.3 is 5.32 Å². The van der Waals surface area contributed by atoms with Gasteiger partial charge in [0.15, 0.2) is 0 Å². The zero-order chi connectivity index (χ0) is 12.3. The SMILES string of the molecule is CCCCCCCCNCCc1ccc(Cl)s1. The number of thiophene rings is 1. The van der Waals surface area contributed by atoms with E-state index >= 15 is 0 Å². The molecule has 0 fully saturated rings. The molecule has 0 saturated carbocycles. The molecule has 0 saturated heterocycles. The minimum Gasteiger partial charge on any atom is -0.316 e. The van der Waals surface area contributed by atoms with Crippen molar-refractivity contribution >= 4 is 22.9 Å². The Labute approximate surface area is 115 Å². The van der Waals surface area contributed by atoms with Gasteiger partial charge in [-0.1, -0.05) is 50.6 Å². The van der Waals surface area contributed by atoms with Crippen LogP contribution in [0.5, 0.6) is 0 Å². The molecular weight excluding hydrogens is 250 g/mol. The first-order valence-corrected chi connectivity index (χ1v) is 7.97. The van der Waals surface area contributed by atoms with E-state index in [1.807, 2.05) is 6.07 Å².